The van der Waals surface area contributed by atoms with Crippen molar-refractivity contribution < 1.29 is 28.2 Å². The minimum Gasteiger partial charge on any atom is -0.494 e. The van der Waals surface area contributed by atoms with E-state index in [0.717, 1.165) is 0 Å². The highest BCUT2D eigenvalue weighted by atomic mass is 19.1. The van der Waals surface area contributed by atoms with Gasteiger partial charge in [0.1, 0.15) is 17.3 Å². The summed E-state index contributed by atoms with van der Waals surface area (Å²) in [6, 6.07) is 12.2. The average molecular weight is 458 g/mol. The minimum atomic E-state index is -0.842. The van der Waals surface area contributed by atoms with E-state index in [1.54, 1.807) is 36.1 Å². The Balaban J connectivity index is 1.47. The lowest BCUT2D eigenvalue weighted by Gasteiger charge is -2.32. The number of nitrogens with one attached hydrogen (secondary N) is 2. The third-order valence-electron chi connectivity index (χ3n) is 5.30. The number of benzene rings is 2. The first kappa shape index (κ1) is 24.0. The number of rotatable bonds is 7. The molecule has 33 heavy (non-hydrogen) atoms. The molecule has 0 bridgehead atoms. The minimum absolute atomic E-state index is 0.218. The number of carbonyl (C=O) groups is 3. The van der Waals surface area contributed by atoms with E-state index < -0.39 is 23.7 Å². The van der Waals surface area contributed by atoms with Crippen molar-refractivity contribution in [2.24, 2.45) is 5.92 Å². The zero-order valence-corrected chi connectivity index (χ0v) is 18.7. The summed E-state index contributed by atoms with van der Waals surface area (Å²) in [7, 11) is 0. The third-order valence-corrected chi connectivity index (χ3v) is 5.30. The quantitative estimate of drug-likeness (QED) is 0.623. The van der Waals surface area contributed by atoms with E-state index in [1.807, 2.05) is 6.92 Å². The number of hydrazine groups is 1. The van der Waals surface area contributed by atoms with Crippen LogP contribution in [-0.4, -0.2) is 48.4 Å². The lowest BCUT2D eigenvalue weighted by molar-refractivity contribution is -0.135. The molecule has 2 unspecified atom stereocenters. The Morgan fingerprint density at radius 1 is 1.06 bits per heavy atom. The molecule has 0 aromatic heterocycles. The van der Waals surface area contributed by atoms with Crippen LogP contribution < -0.4 is 20.3 Å². The van der Waals surface area contributed by atoms with E-state index in [-0.39, 0.29) is 18.4 Å². The van der Waals surface area contributed by atoms with E-state index >= 15 is 0 Å². The summed E-state index contributed by atoms with van der Waals surface area (Å²) < 4.78 is 24.1. The van der Waals surface area contributed by atoms with Crippen LogP contribution in [0.25, 0.3) is 0 Å². The summed E-state index contributed by atoms with van der Waals surface area (Å²) in [5, 5.41) is 0. The van der Waals surface area contributed by atoms with E-state index in [0.29, 0.717) is 43.1 Å². The molecular formula is C24H28FN3O5. The number of nitrogens with zero attached hydrogens (tertiary/aromatic N) is 1. The van der Waals surface area contributed by atoms with Gasteiger partial charge in [-0.2, -0.15) is 0 Å². The predicted molar refractivity (Wildman–Crippen MR) is 119 cm³/mol. The van der Waals surface area contributed by atoms with Gasteiger partial charge in [0.25, 0.3) is 11.8 Å². The van der Waals surface area contributed by atoms with Crippen molar-refractivity contribution in [1.29, 1.82) is 0 Å². The molecule has 2 aromatic rings. The number of amides is 3. The fraction of sp³-hybridized carbons (Fsp3) is 0.375. The molecule has 3 amide bonds. The summed E-state index contributed by atoms with van der Waals surface area (Å²) in [5.74, 6) is -0.831. The lowest BCUT2D eigenvalue weighted by atomic mass is 9.96. The van der Waals surface area contributed by atoms with Crippen molar-refractivity contribution in [3.05, 3.63) is 59.9 Å². The summed E-state index contributed by atoms with van der Waals surface area (Å²) in [6.45, 7) is 4.74. The number of ether oxygens (including phenoxy) is 2. The van der Waals surface area contributed by atoms with Gasteiger partial charge < -0.3 is 14.4 Å². The van der Waals surface area contributed by atoms with Gasteiger partial charge in [-0.05, 0) is 75.2 Å². The number of hydrogen-bond donors (Lipinski definition) is 2. The van der Waals surface area contributed by atoms with Crippen LogP contribution in [0.3, 0.4) is 0 Å². The van der Waals surface area contributed by atoms with Crippen molar-refractivity contribution in [2.45, 2.75) is 32.8 Å². The van der Waals surface area contributed by atoms with Gasteiger partial charge in [-0.25, -0.2) is 4.39 Å². The second kappa shape index (κ2) is 11.3. The van der Waals surface area contributed by atoms with Gasteiger partial charge in [0.2, 0.25) is 5.91 Å². The molecule has 176 valence electrons. The monoisotopic (exact) mass is 457 g/mol. The Hall–Kier alpha value is -3.62. The topological polar surface area (TPSA) is 97.0 Å². The summed E-state index contributed by atoms with van der Waals surface area (Å²) in [6.07, 6.45) is 0.398. The second-order valence-electron chi connectivity index (χ2n) is 7.74. The summed E-state index contributed by atoms with van der Waals surface area (Å²) >= 11 is 0. The van der Waals surface area contributed by atoms with Crippen LogP contribution in [-0.2, 0) is 9.59 Å². The molecule has 9 heteroatoms. The molecule has 1 fully saturated rings. The number of likely N-dealkylation sites (tertiary alicyclic amines) is 1. The Morgan fingerprint density at radius 3 is 2.39 bits per heavy atom. The van der Waals surface area contributed by atoms with Gasteiger partial charge in [-0.3, -0.25) is 25.2 Å². The second-order valence-corrected chi connectivity index (χ2v) is 7.74. The zero-order valence-electron chi connectivity index (χ0n) is 18.7. The largest absolute Gasteiger partial charge is 0.494 e. The maximum absolute atomic E-state index is 13.1. The molecule has 2 N–H and O–H groups in total. The Labute approximate surface area is 192 Å². The Bertz CT molecular complexity index is 965. The number of piperidine rings is 1. The molecule has 1 saturated heterocycles. The maximum Gasteiger partial charge on any atom is 0.279 e. The van der Waals surface area contributed by atoms with Crippen LogP contribution in [0.1, 0.15) is 37.0 Å². The zero-order chi connectivity index (χ0) is 23.8. The van der Waals surface area contributed by atoms with E-state index in [2.05, 4.69) is 10.9 Å². The highest BCUT2D eigenvalue weighted by Gasteiger charge is 2.29. The first-order chi connectivity index (χ1) is 15.9. The molecule has 0 radical (unpaired) electrons. The SMILES string of the molecule is CCOc1ccc(OC(C)C(=O)NNC(=O)C2CCCN(C(=O)c3ccc(F)cc3)C2)cc1. The van der Waals surface area contributed by atoms with E-state index in [1.165, 1.54) is 24.3 Å². The third kappa shape index (κ3) is 6.68. The van der Waals surface area contributed by atoms with Crippen molar-refractivity contribution in [1.82, 2.24) is 15.8 Å². The van der Waals surface area contributed by atoms with Crippen LogP contribution in [0.5, 0.6) is 11.5 Å². The lowest BCUT2D eigenvalue weighted by Crippen LogP contribution is -2.52. The van der Waals surface area contributed by atoms with E-state index in [9.17, 15) is 18.8 Å². The van der Waals surface area contributed by atoms with Crippen LogP contribution in [0.15, 0.2) is 48.5 Å². The standard InChI is InChI=1S/C24H28FN3O5/c1-3-32-20-10-12-21(13-11-20)33-16(2)22(29)26-27-23(30)18-5-4-14-28(15-18)24(31)17-6-8-19(25)9-7-17/h6-13,16,18H,3-5,14-15H2,1-2H3,(H,26,29)(H,27,30). The van der Waals surface area contributed by atoms with Gasteiger partial charge in [-0.15, -0.1) is 0 Å². The molecule has 1 heterocycles. The molecule has 2 atom stereocenters. The van der Waals surface area contributed by atoms with Crippen molar-refractivity contribution in [2.75, 3.05) is 19.7 Å². The number of halogens is 1. The average Bonchev–Trinajstić information content (AvgIpc) is 2.83. The Morgan fingerprint density at radius 2 is 1.73 bits per heavy atom. The predicted octanol–water partition coefficient (Wildman–Crippen LogP) is 2.69. The van der Waals surface area contributed by atoms with Gasteiger partial charge in [0.05, 0.1) is 12.5 Å². The van der Waals surface area contributed by atoms with Crippen LogP contribution >= 0.6 is 0 Å². The fourth-order valence-corrected chi connectivity index (χ4v) is 3.52. The van der Waals surface area contributed by atoms with Crippen LogP contribution in [0.4, 0.5) is 4.39 Å². The van der Waals surface area contributed by atoms with Crippen LogP contribution in [0, 0.1) is 11.7 Å². The molecular weight excluding hydrogens is 429 g/mol. The molecule has 2 aromatic carbocycles. The molecule has 8 nitrogen and oxygen atoms in total. The fourth-order valence-electron chi connectivity index (χ4n) is 3.52. The highest BCUT2D eigenvalue weighted by molar-refractivity contribution is 5.94. The first-order valence-corrected chi connectivity index (χ1v) is 10.9. The summed E-state index contributed by atoms with van der Waals surface area (Å²) in [4.78, 5) is 39.1. The molecule has 0 spiro atoms. The van der Waals surface area contributed by atoms with Gasteiger partial charge in [0, 0.05) is 18.7 Å². The van der Waals surface area contributed by atoms with Gasteiger partial charge in [-0.1, -0.05) is 0 Å². The summed E-state index contributed by atoms with van der Waals surface area (Å²) in [5.41, 5.74) is 5.17. The van der Waals surface area contributed by atoms with Gasteiger partial charge in [0.15, 0.2) is 6.10 Å². The van der Waals surface area contributed by atoms with Crippen molar-refractivity contribution >= 4 is 17.7 Å². The van der Waals surface area contributed by atoms with Crippen molar-refractivity contribution in [3.63, 3.8) is 0 Å². The number of hydrogen-bond acceptors (Lipinski definition) is 5. The molecule has 0 saturated carbocycles. The molecule has 1 aliphatic rings. The normalized spacial score (nSPS) is 16.5. The number of carbonyl (C=O) groups excluding carboxylic acids is 3. The Kier molecular flexibility index (Phi) is 8.23. The van der Waals surface area contributed by atoms with E-state index in [4.69, 9.17) is 9.47 Å². The molecule has 1 aliphatic heterocycles. The highest BCUT2D eigenvalue weighted by Crippen LogP contribution is 2.20. The molecule has 3 rings (SSSR count). The first-order valence-electron chi connectivity index (χ1n) is 10.9. The smallest absolute Gasteiger partial charge is 0.279 e. The van der Waals surface area contributed by atoms with Crippen LogP contribution in [0.2, 0.25) is 0 Å². The molecule has 0 aliphatic carbocycles. The maximum atomic E-state index is 13.1. The van der Waals surface area contributed by atoms with Gasteiger partial charge >= 0.3 is 0 Å². The van der Waals surface area contributed by atoms with Crippen molar-refractivity contribution in [3.8, 4) is 11.5 Å².